The summed E-state index contributed by atoms with van der Waals surface area (Å²) in [4.78, 5) is 10.8. The zero-order valence-corrected chi connectivity index (χ0v) is 9.67. The lowest BCUT2D eigenvalue weighted by atomic mass is 9.90. The summed E-state index contributed by atoms with van der Waals surface area (Å²) >= 11 is 0. The number of ether oxygens (including phenoxy) is 1. The van der Waals surface area contributed by atoms with Gasteiger partial charge in [0, 0.05) is 0 Å². The van der Waals surface area contributed by atoms with Gasteiger partial charge in [-0.3, -0.25) is 0 Å². The molecule has 0 aromatic heterocycles. The Labute approximate surface area is 106 Å². The summed E-state index contributed by atoms with van der Waals surface area (Å²) in [5.74, 6) is -0.483. The van der Waals surface area contributed by atoms with Crippen molar-refractivity contribution in [3.63, 3.8) is 0 Å². The summed E-state index contributed by atoms with van der Waals surface area (Å²) in [5, 5.41) is 8.84. The third-order valence-electron chi connectivity index (χ3n) is 2.50. The molecule has 2 aromatic rings. The molecule has 2 rings (SSSR count). The summed E-state index contributed by atoms with van der Waals surface area (Å²) in [7, 11) is 5.63. The molecule has 0 aliphatic heterocycles. The highest BCUT2D eigenvalue weighted by atomic mass is 16.5. The van der Waals surface area contributed by atoms with E-state index in [4.69, 9.17) is 17.7 Å². The Morgan fingerprint density at radius 1 is 1.17 bits per heavy atom. The zero-order valence-electron chi connectivity index (χ0n) is 9.67. The highest BCUT2D eigenvalue weighted by Crippen LogP contribution is 2.12. The summed E-state index contributed by atoms with van der Waals surface area (Å²) in [6, 6.07) is 14.3. The van der Waals surface area contributed by atoms with Gasteiger partial charge in [0.2, 0.25) is 0 Å². The lowest BCUT2D eigenvalue weighted by molar-refractivity contribution is 0.0698. The van der Waals surface area contributed by atoms with Gasteiger partial charge < -0.3 is 9.84 Å². The maximum Gasteiger partial charge on any atom is 0.335 e. The van der Waals surface area contributed by atoms with Crippen LogP contribution in [0.5, 0.6) is 5.75 Å². The van der Waals surface area contributed by atoms with Crippen molar-refractivity contribution in [2.75, 3.05) is 0 Å². The fourth-order valence-corrected chi connectivity index (χ4v) is 1.57. The second-order valence-electron chi connectivity index (χ2n) is 3.83. The van der Waals surface area contributed by atoms with E-state index in [0.29, 0.717) is 12.4 Å². The molecular formula is C14H11BO3. The Kier molecular flexibility index (Phi) is 3.67. The average molecular weight is 238 g/mol. The molecule has 88 valence electrons. The molecule has 0 bridgehead atoms. The maximum atomic E-state index is 10.8. The van der Waals surface area contributed by atoms with E-state index < -0.39 is 5.97 Å². The van der Waals surface area contributed by atoms with Gasteiger partial charge in [0.25, 0.3) is 0 Å². The predicted molar refractivity (Wildman–Crippen MR) is 69.6 cm³/mol. The molecule has 3 nitrogen and oxygen atoms in total. The van der Waals surface area contributed by atoms with Crippen molar-refractivity contribution < 1.29 is 14.6 Å². The molecule has 2 radical (unpaired) electrons. The minimum absolute atomic E-state index is 0.0852. The monoisotopic (exact) mass is 238 g/mol. The van der Waals surface area contributed by atoms with Gasteiger partial charge in [-0.15, -0.1) is 0 Å². The number of benzene rings is 2. The molecule has 1 N–H and O–H groups in total. The Hall–Kier alpha value is -2.23. The normalized spacial score (nSPS) is 10.0. The van der Waals surface area contributed by atoms with E-state index in [1.165, 1.54) is 12.1 Å². The van der Waals surface area contributed by atoms with Crippen LogP contribution >= 0.6 is 0 Å². The molecule has 0 aliphatic carbocycles. The van der Waals surface area contributed by atoms with Gasteiger partial charge in [0.1, 0.15) is 20.2 Å². The van der Waals surface area contributed by atoms with Gasteiger partial charge >= 0.3 is 5.97 Å². The third-order valence-corrected chi connectivity index (χ3v) is 2.50. The van der Waals surface area contributed by atoms with Crippen molar-refractivity contribution in [3.05, 3.63) is 59.7 Å². The molecule has 0 atom stereocenters. The molecule has 0 saturated carbocycles. The fraction of sp³-hybridized carbons (Fsp3) is 0.0714. The highest BCUT2D eigenvalue weighted by molar-refractivity contribution is 6.36. The van der Waals surface area contributed by atoms with Crippen LogP contribution in [0.25, 0.3) is 0 Å². The summed E-state index contributed by atoms with van der Waals surface area (Å²) in [6.07, 6.45) is 0. The minimum atomic E-state index is -1.04. The quantitative estimate of drug-likeness (QED) is 0.825. The molecule has 0 saturated heterocycles. The van der Waals surface area contributed by atoms with E-state index in [9.17, 15) is 4.79 Å². The van der Waals surface area contributed by atoms with Gasteiger partial charge in [-0.25, -0.2) is 4.79 Å². The smallest absolute Gasteiger partial charge is 0.335 e. The van der Waals surface area contributed by atoms with Crippen LogP contribution in [-0.2, 0) is 6.61 Å². The Balaban J connectivity index is 2.07. The summed E-state index contributed by atoms with van der Waals surface area (Å²) < 4.78 is 5.53. The minimum Gasteiger partial charge on any atom is -0.489 e. The number of hydrogen-bond donors (Lipinski definition) is 1. The van der Waals surface area contributed by atoms with Crippen molar-refractivity contribution >= 4 is 19.3 Å². The lowest BCUT2D eigenvalue weighted by Crippen LogP contribution is -2.15. The van der Waals surface area contributed by atoms with Crippen LogP contribution in [0.1, 0.15) is 15.9 Å². The van der Waals surface area contributed by atoms with Gasteiger partial charge in [-0.1, -0.05) is 35.8 Å². The van der Waals surface area contributed by atoms with Crippen molar-refractivity contribution in [1.29, 1.82) is 0 Å². The first kappa shape index (κ1) is 12.2. The molecule has 0 spiro atoms. The van der Waals surface area contributed by atoms with Crippen molar-refractivity contribution in [2.45, 2.75) is 6.61 Å². The molecule has 18 heavy (non-hydrogen) atoms. The second kappa shape index (κ2) is 5.40. The molecule has 4 heteroatoms. The Morgan fingerprint density at radius 3 is 2.50 bits per heavy atom. The SMILES string of the molecule is [B]c1cc(OCc2ccccc2)ccc1C(=O)O. The van der Waals surface area contributed by atoms with Crippen molar-refractivity contribution in [3.8, 4) is 5.75 Å². The van der Waals surface area contributed by atoms with Crippen molar-refractivity contribution in [1.82, 2.24) is 0 Å². The third kappa shape index (κ3) is 2.91. The number of carbonyl (C=O) groups is 1. The van der Waals surface area contributed by atoms with Gasteiger partial charge in [-0.2, -0.15) is 0 Å². The van der Waals surface area contributed by atoms with Crippen LogP contribution in [0.15, 0.2) is 48.5 Å². The van der Waals surface area contributed by atoms with Crippen molar-refractivity contribution in [2.24, 2.45) is 0 Å². The first-order valence-electron chi connectivity index (χ1n) is 5.46. The number of hydrogen-bond acceptors (Lipinski definition) is 2. The molecule has 0 amide bonds. The van der Waals surface area contributed by atoms with E-state index in [1.807, 2.05) is 30.3 Å². The van der Waals surface area contributed by atoms with Gasteiger partial charge in [0.05, 0.1) is 5.56 Å². The topological polar surface area (TPSA) is 46.5 Å². The van der Waals surface area contributed by atoms with Crippen LogP contribution in [0, 0.1) is 0 Å². The van der Waals surface area contributed by atoms with E-state index in [1.54, 1.807) is 6.07 Å². The van der Waals surface area contributed by atoms with E-state index >= 15 is 0 Å². The zero-order chi connectivity index (χ0) is 13.0. The average Bonchev–Trinajstić information content (AvgIpc) is 2.37. The van der Waals surface area contributed by atoms with E-state index in [-0.39, 0.29) is 11.0 Å². The van der Waals surface area contributed by atoms with Crippen LogP contribution in [0.3, 0.4) is 0 Å². The van der Waals surface area contributed by atoms with Gasteiger partial charge in [0.15, 0.2) is 0 Å². The Bertz CT molecular complexity index is 552. The molecule has 0 fully saturated rings. The predicted octanol–water partition coefficient (Wildman–Crippen LogP) is 1.76. The maximum absolute atomic E-state index is 10.8. The molecule has 0 aliphatic rings. The lowest BCUT2D eigenvalue weighted by Gasteiger charge is -2.08. The molecule has 2 aromatic carbocycles. The van der Waals surface area contributed by atoms with E-state index in [0.717, 1.165) is 5.56 Å². The Morgan fingerprint density at radius 2 is 1.89 bits per heavy atom. The molecular weight excluding hydrogens is 227 g/mol. The van der Waals surface area contributed by atoms with Crippen LogP contribution in [0.2, 0.25) is 0 Å². The molecule has 0 unspecified atom stereocenters. The summed E-state index contributed by atoms with van der Waals surface area (Å²) in [6.45, 7) is 0.423. The molecule has 0 heterocycles. The largest absolute Gasteiger partial charge is 0.489 e. The number of carboxylic acid groups (broad SMARTS) is 1. The summed E-state index contributed by atoms with van der Waals surface area (Å²) in [5.41, 5.74) is 1.33. The number of carboxylic acids is 1. The fourth-order valence-electron chi connectivity index (χ4n) is 1.57. The van der Waals surface area contributed by atoms with Gasteiger partial charge in [-0.05, 0) is 23.8 Å². The standard InChI is InChI=1S/C14H11BO3/c15-13-8-11(6-7-12(13)14(16)17)18-9-10-4-2-1-3-5-10/h1-8H,9H2,(H,16,17). The second-order valence-corrected chi connectivity index (χ2v) is 3.83. The number of rotatable bonds is 4. The van der Waals surface area contributed by atoms with Crippen LogP contribution < -0.4 is 10.2 Å². The van der Waals surface area contributed by atoms with E-state index in [2.05, 4.69) is 0 Å². The van der Waals surface area contributed by atoms with Crippen LogP contribution in [0.4, 0.5) is 0 Å². The first-order chi connectivity index (χ1) is 8.66. The highest BCUT2D eigenvalue weighted by Gasteiger charge is 2.07. The first-order valence-corrected chi connectivity index (χ1v) is 5.46. The van der Waals surface area contributed by atoms with Crippen LogP contribution in [-0.4, -0.2) is 18.9 Å². The number of aromatic carboxylic acids is 1.